The van der Waals surface area contributed by atoms with Crippen LogP contribution in [0.25, 0.3) is 0 Å². The van der Waals surface area contributed by atoms with Crippen LogP contribution in [0.15, 0.2) is 24.4 Å². The van der Waals surface area contributed by atoms with Crippen LogP contribution < -0.4 is 11.1 Å². The average molecular weight is 249 g/mol. The third-order valence-corrected chi connectivity index (χ3v) is 3.15. The van der Waals surface area contributed by atoms with Crippen LogP contribution in [0.5, 0.6) is 0 Å². The first-order valence-electron chi connectivity index (χ1n) is 6.27. The zero-order chi connectivity index (χ0) is 13.0. The fraction of sp³-hybridized carbons (Fsp3) is 0.538. The van der Waals surface area contributed by atoms with E-state index in [1.54, 1.807) is 6.20 Å². The molecule has 0 aliphatic carbocycles. The van der Waals surface area contributed by atoms with Gasteiger partial charge in [0.1, 0.15) is 6.10 Å². The molecule has 0 bridgehead atoms. The Kier molecular flexibility index (Phi) is 4.28. The maximum Gasteiger partial charge on any atom is 0.249 e. The monoisotopic (exact) mass is 249 g/mol. The number of ether oxygens (including phenoxy) is 1. The summed E-state index contributed by atoms with van der Waals surface area (Å²) in [6.45, 7) is 2.38. The maximum atomic E-state index is 12.0. The van der Waals surface area contributed by atoms with E-state index in [1.165, 1.54) is 0 Å². The molecule has 0 saturated carbocycles. The van der Waals surface area contributed by atoms with Crippen molar-refractivity contribution in [3.05, 3.63) is 30.1 Å². The second-order valence-electron chi connectivity index (χ2n) is 4.54. The van der Waals surface area contributed by atoms with Gasteiger partial charge < -0.3 is 15.8 Å². The number of hydrogen-bond donors (Lipinski definition) is 2. The van der Waals surface area contributed by atoms with Crippen LogP contribution >= 0.6 is 0 Å². The summed E-state index contributed by atoms with van der Waals surface area (Å²) in [6, 6.07) is 5.54. The third kappa shape index (κ3) is 3.05. The molecule has 1 aliphatic heterocycles. The van der Waals surface area contributed by atoms with Gasteiger partial charge in [-0.1, -0.05) is 6.07 Å². The maximum absolute atomic E-state index is 12.0. The van der Waals surface area contributed by atoms with Crippen molar-refractivity contribution in [1.29, 1.82) is 0 Å². The normalized spacial score (nSPS) is 24.8. The Morgan fingerprint density at radius 2 is 2.44 bits per heavy atom. The van der Waals surface area contributed by atoms with Gasteiger partial charge in [-0.3, -0.25) is 9.78 Å². The van der Waals surface area contributed by atoms with E-state index in [2.05, 4.69) is 10.3 Å². The predicted octanol–water partition coefficient (Wildman–Crippen LogP) is 0.765. The molecule has 3 N–H and O–H groups in total. The molecule has 5 heteroatoms. The second-order valence-corrected chi connectivity index (χ2v) is 4.54. The SMILES string of the molecule is CC(NC(=O)[C@@H]1CC[C@H](CN)O1)c1ccccn1. The van der Waals surface area contributed by atoms with Crippen molar-refractivity contribution in [2.45, 2.75) is 38.0 Å². The van der Waals surface area contributed by atoms with Crippen molar-refractivity contribution in [3.8, 4) is 0 Å². The van der Waals surface area contributed by atoms with Gasteiger partial charge in [-0.05, 0) is 31.9 Å². The van der Waals surface area contributed by atoms with Gasteiger partial charge in [0.05, 0.1) is 17.8 Å². The molecule has 0 spiro atoms. The molecule has 1 amide bonds. The third-order valence-electron chi connectivity index (χ3n) is 3.15. The minimum Gasteiger partial charge on any atom is -0.364 e. The summed E-state index contributed by atoms with van der Waals surface area (Å²) in [5.74, 6) is -0.0795. The van der Waals surface area contributed by atoms with Crippen LogP contribution in [0.2, 0.25) is 0 Å². The number of carbonyl (C=O) groups excluding carboxylic acids is 1. The zero-order valence-corrected chi connectivity index (χ0v) is 10.5. The van der Waals surface area contributed by atoms with E-state index in [4.69, 9.17) is 10.5 Å². The standard InChI is InChI=1S/C13H19N3O2/c1-9(11-4-2-3-7-15-11)16-13(17)12-6-5-10(8-14)18-12/h2-4,7,9-10,12H,5-6,8,14H2,1H3,(H,16,17)/t9?,10-,12+/m1/s1. The Hall–Kier alpha value is -1.46. The molecule has 2 heterocycles. The van der Waals surface area contributed by atoms with Crippen LogP contribution in [0.1, 0.15) is 31.5 Å². The molecule has 1 unspecified atom stereocenters. The lowest BCUT2D eigenvalue weighted by molar-refractivity contribution is -0.132. The lowest BCUT2D eigenvalue weighted by Crippen LogP contribution is -2.37. The summed E-state index contributed by atoms with van der Waals surface area (Å²) >= 11 is 0. The van der Waals surface area contributed by atoms with Crippen LogP contribution in [0.4, 0.5) is 0 Å². The lowest BCUT2D eigenvalue weighted by atomic mass is 10.1. The number of amides is 1. The summed E-state index contributed by atoms with van der Waals surface area (Å²) in [7, 11) is 0. The van der Waals surface area contributed by atoms with Gasteiger partial charge in [0, 0.05) is 12.7 Å². The first-order chi connectivity index (χ1) is 8.70. The Morgan fingerprint density at radius 3 is 3.06 bits per heavy atom. The molecule has 98 valence electrons. The Labute approximate surface area is 107 Å². The number of carbonyl (C=O) groups is 1. The highest BCUT2D eigenvalue weighted by atomic mass is 16.5. The van der Waals surface area contributed by atoms with Crippen LogP contribution in [0, 0.1) is 0 Å². The van der Waals surface area contributed by atoms with Gasteiger partial charge in [0.15, 0.2) is 0 Å². The molecule has 18 heavy (non-hydrogen) atoms. The number of aromatic nitrogens is 1. The lowest BCUT2D eigenvalue weighted by Gasteiger charge is -2.17. The highest BCUT2D eigenvalue weighted by Crippen LogP contribution is 2.20. The molecule has 1 aromatic rings. The first kappa shape index (κ1) is 13.0. The molecule has 1 aliphatic rings. The molecule has 3 atom stereocenters. The van der Waals surface area contributed by atoms with Gasteiger partial charge in [-0.2, -0.15) is 0 Å². The minimum atomic E-state index is -0.371. The van der Waals surface area contributed by atoms with Gasteiger partial charge in [0.2, 0.25) is 5.91 Å². The molecule has 5 nitrogen and oxygen atoms in total. The largest absolute Gasteiger partial charge is 0.364 e. The number of nitrogens with zero attached hydrogens (tertiary/aromatic N) is 1. The summed E-state index contributed by atoms with van der Waals surface area (Å²) in [6.07, 6.45) is 2.96. The van der Waals surface area contributed by atoms with E-state index in [0.717, 1.165) is 18.5 Å². The zero-order valence-electron chi connectivity index (χ0n) is 10.5. The summed E-state index contributed by atoms with van der Waals surface area (Å²) < 4.78 is 5.55. The Bertz CT molecular complexity index is 396. The van der Waals surface area contributed by atoms with E-state index in [0.29, 0.717) is 6.54 Å². The summed E-state index contributed by atoms with van der Waals surface area (Å²) in [5, 5.41) is 2.92. The molecule has 1 aromatic heterocycles. The fourth-order valence-corrected chi connectivity index (χ4v) is 2.08. The highest BCUT2D eigenvalue weighted by molar-refractivity contribution is 5.81. The Morgan fingerprint density at radius 1 is 1.61 bits per heavy atom. The summed E-state index contributed by atoms with van der Waals surface area (Å²) in [5.41, 5.74) is 6.37. The van der Waals surface area contributed by atoms with E-state index < -0.39 is 0 Å². The number of hydrogen-bond acceptors (Lipinski definition) is 4. The van der Waals surface area contributed by atoms with Crippen LogP contribution in [-0.4, -0.2) is 29.6 Å². The molecule has 1 saturated heterocycles. The second kappa shape index (κ2) is 5.93. The number of rotatable bonds is 4. The topological polar surface area (TPSA) is 77.2 Å². The van der Waals surface area contributed by atoms with Gasteiger partial charge >= 0.3 is 0 Å². The average Bonchev–Trinajstić information content (AvgIpc) is 2.88. The van der Waals surface area contributed by atoms with Gasteiger partial charge in [0.25, 0.3) is 0 Å². The predicted molar refractivity (Wildman–Crippen MR) is 67.7 cm³/mol. The number of nitrogens with two attached hydrogens (primary N) is 1. The highest BCUT2D eigenvalue weighted by Gasteiger charge is 2.30. The molecule has 1 fully saturated rings. The van der Waals surface area contributed by atoms with Gasteiger partial charge in [-0.25, -0.2) is 0 Å². The van der Waals surface area contributed by atoms with E-state index in [1.807, 2.05) is 25.1 Å². The fourth-order valence-electron chi connectivity index (χ4n) is 2.08. The van der Waals surface area contributed by atoms with E-state index >= 15 is 0 Å². The smallest absolute Gasteiger partial charge is 0.249 e. The van der Waals surface area contributed by atoms with Crippen LogP contribution in [-0.2, 0) is 9.53 Å². The van der Waals surface area contributed by atoms with Crippen LogP contribution in [0.3, 0.4) is 0 Å². The van der Waals surface area contributed by atoms with Crippen molar-refractivity contribution in [2.24, 2.45) is 5.73 Å². The molecule has 0 aromatic carbocycles. The molecule has 0 radical (unpaired) electrons. The van der Waals surface area contributed by atoms with Gasteiger partial charge in [-0.15, -0.1) is 0 Å². The van der Waals surface area contributed by atoms with Crippen molar-refractivity contribution in [1.82, 2.24) is 10.3 Å². The van der Waals surface area contributed by atoms with Crippen molar-refractivity contribution < 1.29 is 9.53 Å². The Balaban J connectivity index is 1.88. The molecular formula is C13H19N3O2. The molecular weight excluding hydrogens is 230 g/mol. The number of pyridine rings is 1. The van der Waals surface area contributed by atoms with Crippen molar-refractivity contribution in [3.63, 3.8) is 0 Å². The molecule has 2 rings (SSSR count). The van der Waals surface area contributed by atoms with Crippen molar-refractivity contribution in [2.75, 3.05) is 6.54 Å². The first-order valence-corrected chi connectivity index (χ1v) is 6.27. The van der Waals surface area contributed by atoms with Crippen molar-refractivity contribution >= 4 is 5.91 Å². The number of nitrogens with one attached hydrogen (secondary N) is 1. The van der Waals surface area contributed by atoms with E-state index in [9.17, 15) is 4.79 Å². The quantitative estimate of drug-likeness (QED) is 0.826. The van der Waals surface area contributed by atoms with E-state index in [-0.39, 0.29) is 24.2 Å². The minimum absolute atomic E-state index is 0.0194. The summed E-state index contributed by atoms with van der Waals surface area (Å²) in [4.78, 5) is 16.2.